The van der Waals surface area contributed by atoms with Gasteiger partial charge in [0.2, 0.25) is 5.91 Å². The normalized spacial score (nSPS) is 15.8. The van der Waals surface area contributed by atoms with Crippen LogP contribution in [0.2, 0.25) is 0 Å². The molecule has 2 heterocycles. The van der Waals surface area contributed by atoms with Crippen molar-refractivity contribution in [1.29, 1.82) is 0 Å². The minimum atomic E-state index is 0.0833. The first-order valence-corrected chi connectivity index (χ1v) is 10.2. The van der Waals surface area contributed by atoms with E-state index in [1.807, 2.05) is 30.6 Å². The van der Waals surface area contributed by atoms with Gasteiger partial charge in [-0.1, -0.05) is 37.3 Å². The first kappa shape index (κ1) is 18.7. The van der Waals surface area contributed by atoms with Crippen LogP contribution in [0.5, 0.6) is 0 Å². The Morgan fingerprint density at radius 2 is 1.86 bits per heavy atom. The maximum atomic E-state index is 12.5. The Morgan fingerprint density at radius 3 is 2.68 bits per heavy atom. The van der Waals surface area contributed by atoms with Crippen LogP contribution in [0.25, 0.3) is 11.0 Å². The standard InChI is InChI=1S/C23H28N4O/c1-2-19-7-3-4-8-20(19)25-23(28)16-26-13-11-18(12-14-26)15-27-17-24-21-9-5-6-10-22(21)27/h3-10,17-18H,2,11-16H2,1H3,(H,25,28). The van der Waals surface area contributed by atoms with Crippen LogP contribution in [0, 0.1) is 5.92 Å². The molecule has 4 rings (SSSR count). The summed E-state index contributed by atoms with van der Waals surface area (Å²) in [6, 6.07) is 16.3. The van der Waals surface area contributed by atoms with Gasteiger partial charge in [0.05, 0.1) is 23.9 Å². The van der Waals surface area contributed by atoms with Crippen LogP contribution in [0.15, 0.2) is 54.9 Å². The van der Waals surface area contributed by atoms with E-state index in [-0.39, 0.29) is 5.91 Å². The van der Waals surface area contributed by atoms with E-state index in [1.54, 1.807) is 0 Å². The van der Waals surface area contributed by atoms with Crippen LogP contribution in [-0.2, 0) is 17.8 Å². The Balaban J connectivity index is 1.28. The lowest BCUT2D eigenvalue weighted by atomic mass is 9.96. The number of carbonyl (C=O) groups is 1. The Labute approximate surface area is 166 Å². The number of carbonyl (C=O) groups excluding carboxylic acids is 1. The summed E-state index contributed by atoms with van der Waals surface area (Å²) < 4.78 is 2.27. The summed E-state index contributed by atoms with van der Waals surface area (Å²) in [5, 5.41) is 3.08. The summed E-state index contributed by atoms with van der Waals surface area (Å²) in [4.78, 5) is 19.2. The van der Waals surface area contributed by atoms with Gasteiger partial charge >= 0.3 is 0 Å². The third kappa shape index (κ3) is 4.25. The van der Waals surface area contributed by atoms with Crippen LogP contribution in [-0.4, -0.2) is 40.0 Å². The van der Waals surface area contributed by atoms with Crippen LogP contribution < -0.4 is 5.32 Å². The lowest BCUT2D eigenvalue weighted by Crippen LogP contribution is -2.40. The van der Waals surface area contributed by atoms with Crippen LogP contribution in [0.1, 0.15) is 25.3 Å². The van der Waals surface area contributed by atoms with E-state index in [0.29, 0.717) is 12.5 Å². The monoisotopic (exact) mass is 376 g/mol. The smallest absolute Gasteiger partial charge is 0.238 e. The molecule has 1 aliphatic heterocycles. The van der Waals surface area contributed by atoms with E-state index in [1.165, 1.54) is 11.1 Å². The van der Waals surface area contributed by atoms with Crippen molar-refractivity contribution in [3.8, 4) is 0 Å². The Hall–Kier alpha value is -2.66. The molecule has 1 fully saturated rings. The molecule has 0 aliphatic carbocycles. The minimum absolute atomic E-state index is 0.0833. The van der Waals surface area contributed by atoms with Gasteiger partial charge in [0.15, 0.2) is 0 Å². The molecule has 0 saturated carbocycles. The van der Waals surface area contributed by atoms with Crippen molar-refractivity contribution in [3.05, 3.63) is 60.4 Å². The number of hydrogen-bond acceptors (Lipinski definition) is 3. The highest BCUT2D eigenvalue weighted by atomic mass is 16.2. The van der Waals surface area contributed by atoms with Crippen LogP contribution in [0.3, 0.4) is 0 Å². The number of benzene rings is 2. The lowest BCUT2D eigenvalue weighted by Gasteiger charge is -2.31. The molecule has 0 atom stereocenters. The van der Waals surface area contributed by atoms with Crippen LogP contribution >= 0.6 is 0 Å². The average molecular weight is 377 g/mol. The number of imidazole rings is 1. The molecule has 1 N–H and O–H groups in total. The van der Waals surface area contributed by atoms with Crippen molar-refractivity contribution in [1.82, 2.24) is 14.5 Å². The van der Waals surface area contributed by atoms with Gasteiger partial charge in [0.25, 0.3) is 0 Å². The molecule has 5 nitrogen and oxygen atoms in total. The summed E-state index contributed by atoms with van der Waals surface area (Å²) in [5.41, 5.74) is 4.39. The average Bonchev–Trinajstić information content (AvgIpc) is 3.13. The fraction of sp³-hybridized carbons (Fsp3) is 0.391. The largest absolute Gasteiger partial charge is 0.330 e. The molecular formula is C23H28N4O. The SMILES string of the molecule is CCc1ccccc1NC(=O)CN1CCC(Cn2cnc3ccccc32)CC1. The molecule has 1 aliphatic rings. The predicted octanol–water partition coefficient (Wildman–Crippen LogP) is 3.95. The molecule has 0 bridgehead atoms. The number of hydrogen-bond donors (Lipinski definition) is 1. The number of rotatable bonds is 6. The van der Waals surface area contributed by atoms with E-state index in [0.717, 1.165) is 50.1 Å². The van der Waals surface area contributed by atoms with Gasteiger partial charge in [0.1, 0.15) is 0 Å². The van der Waals surface area contributed by atoms with Crippen molar-refractivity contribution in [2.24, 2.45) is 5.92 Å². The molecule has 146 valence electrons. The molecule has 1 aromatic heterocycles. The van der Waals surface area contributed by atoms with Crippen molar-refractivity contribution in [3.63, 3.8) is 0 Å². The number of piperidine rings is 1. The second kappa shape index (κ2) is 8.57. The topological polar surface area (TPSA) is 50.2 Å². The van der Waals surface area contributed by atoms with E-state index in [2.05, 4.69) is 51.0 Å². The molecule has 1 amide bonds. The third-order valence-electron chi connectivity index (χ3n) is 5.73. The molecule has 3 aromatic rings. The van der Waals surface area contributed by atoms with Gasteiger partial charge in [-0.15, -0.1) is 0 Å². The van der Waals surface area contributed by atoms with E-state index in [9.17, 15) is 4.79 Å². The molecule has 2 aromatic carbocycles. The minimum Gasteiger partial charge on any atom is -0.330 e. The Kier molecular flexibility index (Phi) is 5.72. The zero-order valence-corrected chi connectivity index (χ0v) is 16.5. The summed E-state index contributed by atoms with van der Waals surface area (Å²) in [6.07, 6.45) is 5.11. The summed E-state index contributed by atoms with van der Waals surface area (Å²) in [7, 11) is 0. The van der Waals surface area contributed by atoms with Gasteiger partial charge in [-0.3, -0.25) is 9.69 Å². The zero-order valence-electron chi connectivity index (χ0n) is 16.5. The second-order valence-electron chi connectivity index (χ2n) is 7.66. The first-order valence-electron chi connectivity index (χ1n) is 10.2. The van der Waals surface area contributed by atoms with E-state index >= 15 is 0 Å². The molecule has 0 unspecified atom stereocenters. The van der Waals surface area contributed by atoms with E-state index < -0.39 is 0 Å². The number of amides is 1. The maximum absolute atomic E-state index is 12.5. The van der Waals surface area contributed by atoms with Crippen molar-refractivity contribution in [2.45, 2.75) is 32.7 Å². The van der Waals surface area contributed by atoms with Gasteiger partial charge in [-0.05, 0) is 62.0 Å². The fourth-order valence-electron chi connectivity index (χ4n) is 4.10. The number of aryl methyl sites for hydroxylation is 1. The van der Waals surface area contributed by atoms with Gasteiger partial charge in [-0.2, -0.15) is 0 Å². The molecular weight excluding hydrogens is 348 g/mol. The maximum Gasteiger partial charge on any atom is 0.238 e. The first-order chi connectivity index (χ1) is 13.7. The lowest BCUT2D eigenvalue weighted by molar-refractivity contribution is -0.117. The highest BCUT2D eigenvalue weighted by molar-refractivity contribution is 5.93. The Morgan fingerprint density at radius 1 is 1.11 bits per heavy atom. The predicted molar refractivity (Wildman–Crippen MR) is 113 cm³/mol. The summed E-state index contributed by atoms with van der Waals surface area (Å²) in [6.45, 7) is 5.53. The van der Waals surface area contributed by atoms with Crippen molar-refractivity contribution in [2.75, 3.05) is 25.0 Å². The zero-order chi connectivity index (χ0) is 19.3. The molecule has 0 spiro atoms. The molecule has 5 heteroatoms. The molecule has 1 saturated heterocycles. The number of aromatic nitrogens is 2. The number of anilines is 1. The van der Waals surface area contributed by atoms with E-state index in [4.69, 9.17) is 0 Å². The highest BCUT2D eigenvalue weighted by Crippen LogP contribution is 2.22. The van der Waals surface area contributed by atoms with Crippen molar-refractivity contribution >= 4 is 22.6 Å². The third-order valence-corrected chi connectivity index (χ3v) is 5.73. The number of nitrogens with zero attached hydrogens (tertiary/aromatic N) is 3. The Bertz CT molecular complexity index is 940. The number of likely N-dealkylation sites (tertiary alicyclic amines) is 1. The second-order valence-corrected chi connectivity index (χ2v) is 7.66. The number of fused-ring (bicyclic) bond motifs is 1. The molecule has 28 heavy (non-hydrogen) atoms. The molecule has 0 radical (unpaired) electrons. The summed E-state index contributed by atoms with van der Waals surface area (Å²) >= 11 is 0. The number of para-hydroxylation sites is 3. The van der Waals surface area contributed by atoms with Gasteiger partial charge in [-0.25, -0.2) is 4.98 Å². The highest BCUT2D eigenvalue weighted by Gasteiger charge is 2.22. The van der Waals surface area contributed by atoms with Gasteiger partial charge < -0.3 is 9.88 Å². The fourth-order valence-corrected chi connectivity index (χ4v) is 4.10. The van der Waals surface area contributed by atoms with Gasteiger partial charge in [0, 0.05) is 12.2 Å². The quantitative estimate of drug-likeness (QED) is 0.709. The number of nitrogens with one attached hydrogen (secondary N) is 1. The van der Waals surface area contributed by atoms with Crippen LogP contribution in [0.4, 0.5) is 5.69 Å². The van der Waals surface area contributed by atoms with Crippen molar-refractivity contribution < 1.29 is 4.79 Å². The summed E-state index contributed by atoms with van der Waals surface area (Å²) in [5.74, 6) is 0.720.